The van der Waals surface area contributed by atoms with Crippen molar-refractivity contribution < 1.29 is 48.8 Å². The number of nitriles is 1. The Morgan fingerprint density at radius 3 is 2.10 bits per heavy atom. The van der Waals surface area contributed by atoms with Crippen LogP contribution < -0.4 is 5.32 Å². The van der Waals surface area contributed by atoms with E-state index in [4.69, 9.17) is 5.26 Å². The molecule has 0 unspecified atom stereocenters. The van der Waals surface area contributed by atoms with Crippen molar-refractivity contribution in [1.82, 2.24) is 0 Å². The van der Waals surface area contributed by atoms with E-state index in [9.17, 15) is 54.0 Å². The molecule has 1 aliphatic rings. The summed E-state index contributed by atoms with van der Waals surface area (Å²) in [5.41, 5.74) is -7.52. The maximum absolute atomic E-state index is 13.7. The topological polar surface area (TPSA) is 91.3 Å². The Labute approximate surface area is 168 Å². The molecule has 1 aromatic rings. The van der Waals surface area contributed by atoms with Crippen LogP contribution in [0.25, 0.3) is 0 Å². The highest BCUT2D eigenvalue weighted by atomic mass is 32.2. The summed E-state index contributed by atoms with van der Waals surface area (Å²) in [6.45, 7) is 0. The molecule has 6 nitrogen and oxygen atoms in total. The molecule has 0 spiro atoms. The van der Waals surface area contributed by atoms with Crippen LogP contribution in [0.3, 0.4) is 0 Å². The van der Waals surface area contributed by atoms with E-state index < -0.39 is 73.6 Å². The highest BCUT2D eigenvalue weighted by Gasteiger charge is 2.77. The number of aliphatic imine (C=N–C) groups is 1. The highest BCUT2D eigenvalue weighted by molar-refractivity contribution is 8.17. The number of nitro groups is 1. The molecule has 1 heterocycles. The number of anilines is 1. The van der Waals surface area contributed by atoms with Gasteiger partial charge in [0.05, 0.1) is 21.1 Å². The van der Waals surface area contributed by atoms with E-state index in [0.717, 1.165) is 0 Å². The standard InChI is InChI=1S/C14H4F10N4O2S/c15-8(12(16,17)18)9-11(13(19,20)21,14(22,23)24)27-10(31-9)26-7-2-1-6(28(29)30)3-5(7)4-25/h1-3H,(H,26,27)/b9-8+. The van der Waals surface area contributed by atoms with Gasteiger partial charge in [-0.15, -0.1) is 0 Å². The van der Waals surface area contributed by atoms with Crippen molar-refractivity contribution in [2.24, 2.45) is 4.99 Å². The zero-order chi connectivity index (χ0) is 24.0. The van der Waals surface area contributed by atoms with Gasteiger partial charge in [-0.05, 0) is 6.07 Å². The Kier molecular flexibility index (Phi) is 5.93. The first-order valence-corrected chi connectivity index (χ1v) is 8.11. The summed E-state index contributed by atoms with van der Waals surface area (Å²) in [6, 6.07) is 3.36. The Morgan fingerprint density at radius 1 is 1.13 bits per heavy atom. The fourth-order valence-electron chi connectivity index (χ4n) is 2.29. The maximum Gasteiger partial charge on any atom is 0.443 e. The Bertz CT molecular complexity index is 1010. The molecule has 2 rings (SSSR count). The number of benzene rings is 1. The lowest BCUT2D eigenvalue weighted by Crippen LogP contribution is -2.55. The molecule has 0 saturated heterocycles. The number of alkyl halides is 9. The first-order chi connectivity index (χ1) is 14.0. The van der Waals surface area contributed by atoms with Crippen LogP contribution in [0.2, 0.25) is 0 Å². The first-order valence-electron chi connectivity index (χ1n) is 7.30. The second-order valence-corrected chi connectivity index (χ2v) is 6.59. The third-order valence-corrected chi connectivity index (χ3v) is 4.71. The minimum Gasteiger partial charge on any atom is -0.334 e. The van der Waals surface area contributed by atoms with Crippen molar-refractivity contribution in [1.29, 1.82) is 5.26 Å². The van der Waals surface area contributed by atoms with Crippen LogP contribution in [0.5, 0.6) is 0 Å². The molecule has 0 saturated carbocycles. The molecule has 0 bridgehead atoms. The zero-order valence-electron chi connectivity index (χ0n) is 14.1. The number of hydrogen-bond donors (Lipinski definition) is 1. The summed E-state index contributed by atoms with van der Waals surface area (Å²) in [7, 11) is 0. The number of rotatable bonds is 2. The molecule has 0 aromatic heterocycles. The SMILES string of the molecule is N#Cc1cc([N+](=O)[O-])ccc1NC1=NC(C(F)(F)F)(C(F)(F)F)/C(=C(\F)C(F)(F)F)S1. The largest absolute Gasteiger partial charge is 0.443 e. The van der Waals surface area contributed by atoms with Crippen LogP contribution in [0, 0.1) is 21.4 Å². The fourth-order valence-corrected chi connectivity index (χ4v) is 3.46. The van der Waals surface area contributed by atoms with Gasteiger partial charge in [-0.3, -0.25) is 10.1 Å². The number of allylic oxidation sites excluding steroid dienone is 1. The van der Waals surface area contributed by atoms with Crippen molar-refractivity contribution in [3.63, 3.8) is 0 Å². The Hall–Kier alpha value is -3.03. The van der Waals surface area contributed by atoms with Gasteiger partial charge >= 0.3 is 18.5 Å². The summed E-state index contributed by atoms with van der Waals surface area (Å²) >= 11 is -0.929. The third-order valence-electron chi connectivity index (χ3n) is 3.64. The summed E-state index contributed by atoms with van der Waals surface area (Å²) in [4.78, 5) is 9.19. The molecule has 31 heavy (non-hydrogen) atoms. The number of nitrogens with zero attached hydrogens (tertiary/aromatic N) is 3. The number of thioether (sulfide) groups is 1. The van der Waals surface area contributed by atoms with E-state index >= 15 is 0 Å². The molecule has 0 atom stereocenters. The normalized spacial score (nSPS) is 18.3. The van der Waals surface area contributed by atoms with Crippen LogP contribution in [0.15, 0.2) is 33.9 Å². The van der Waals surface area contributed by atoms with E-state index in [-0.39, 0.29) is 0 Å². The Balaban J connectivity index is 2.70. The van der Waals surface area contributed by atoms with Crippen LogP contribution >= 0.6 is 11.8 Å². The molecule has 1 aliphatic heterocycles. The first kappa shape index (κ1) is 24.2. The molecule has 1 N–H and O–H groups in total. The monoisotopic (exact) mass is 482 g/mol. The van der Waals surface area contributed by atoms with Crippen molar-refractivity contribution >= 4 is 28.3 Å². The summed E-state index contributed by atoms with van der Waals surface area (Å²) in [6.07, 6.45) is -19.3. The van der Waals surface area contributed by atoms with E-state index in [1.165, 1.54) is 6.07 Å². The van der Waals surface area contributed by atoms with Gasteiger partial charge in [-0.25, -0.2) is 9.38 Å². The number of nitrogens with one attached hydrogen (secondary N) is 1. The average molecular weight is 482 g/mol. The highest BCUT2D eigenvalue weighted by Crippen LogP contribution is 2.59. The lowest BCUT2D eigenvalue weighted by Gasteiger charge is -2.31. The molecule has 1 aromatic carbocycles. The van der Waals surface area contributed by atoms with Crippen molar-refractivity contribution in [2.75, 3.05) is 5.32 Å². The molecule has 0 radical (unpaired) electrons. The van der Waals surface area contributed by atoms with Crippen LogP contribution in [-0.2, 0) is 0 Å². The average Bonchev–Trinajstić information content (AvgIpc) is 3.00. The smallest absolute Gasteiger partial charge is 0.334 e. The summed E-state index contributed by atoms with van der Waals surface area (Å²) < 4.78 is 132. The second kappa shape index (κ2) is 7.59. The van der Waals surface area contributed by atoms with Gasteiger partial charge in [0.1, 0.15) is 6.07 Å². The Morgan fingerprint density at radius 2 is 1.68 bits per heavy atom. The predicted octanol–water partition coefficient (Wildman–Crippen LogP) is 5.59. The summed E-state index contributed by atoms with van der Waals surface area (Å²) in [5, 5.41) is 19.9. The number of amidine groups is 1. The predicted molar refractivity (Wildman–Crippen MR) is 85.5 cm³/mol. The molecule has 0 fully saturated rings. The zero-order valence-corrected chi connectivity index (χ0v) is 14.9. The molecular formula is C14H4F10N4O2S. The van der Waals surface area contributed by atoms with Gasteiger partial charge in [0, 0.05) is 12.1 Å². The van der Waals surface area contributed by atoms with Crippen molar-refractivity contribution in [3.8, 4) is 6.07 Å². The minimum absolute atomic E-state index is 0.594. The third kappa shape index (κ3) is 4.24. The number of nitro benzene ring substituents is 1. The van der Waals surface area contributed by atoms with E-state index in [0.29, 0.717) is 18.2 Å². The molecular weight excluding hydrogens is 478 g/mol. The fraction of sp³-hybridized carbons (Fsp3) is 0.286. The maximum atomic E-state index is 13.7. The molecule has 0 aliphatic carbocycles. The lowest BCUT2D eigenvalue weighted by atomic mass is 9.97. The van der Waals surface area contributed by atoms with Gasteiger partial charge in [-0.2, -0.15) is 44.8 Å². The van der Waals surface area contributed by atoms with Crippen molar-refractivity contribution in [3.05, 3.63) is 44.6 Å². The van der Waals surface area contributed by atoms with Gasteiger partial charge in [-0.1, -0.05) is 11.8 Å². The summed E-state index contributed by atoms with van der Waals surface area (Å²) in [5.74, 6) is -3.66. The van der Waals surface area contributed by atoms with Crippen molar-refractivity contribution in [2.45, 2.75) is 24.1 Å². The number of halogens is 10. The van der Waals surface area contributed by atoms with E-state index in [2.05, 4.69) is 4.99 Å². The van der Waals surface area contributed by atoms with Gasteiger partial charge in [0.25, 0.3) is 11.2 Å². The number of non-ortho nitro benzene ring substituents is 1. The molecule has 17 heteroatoms. The number of hydrogen-bond acceptors (Lipinski definition) is 6. The molecule has 0 amide bonds. The van der Waals surface area contributed by atoms with Gasteiger partial charge in [0.15, 0.2) is 5.17 Å². The van der Waals surface area contributed by atoms with Crippen LogP contribution in [-0.4, -0.2) is 34.2 Å². The van der Waals surface area contributed by atoms with Gasteiger partial charge in [0.2, 0.25) is 5.83 Å². The lowest BCUT2D eigenvalue weighted by molar-refractivity contribution is -0.384. The molecule has 168 valence electrons. The van der Waals surface area contributed by atoms with Crippen LogP contribution in [0.4, 0.5) is 55.3 Å². The van der Waals surface area contributed by atoms with Crippen LogP contribution in [0.1, 0.15) is 5.56 Å². The minimum atomic E-state index is -6.53. The quantitative estimate of drug-likeness (QED) is 0.337. The van der Waals surface area contributed by atoms with E-state index in [1.807, 2.05) is 0 Å². The van der Waals surface area contributed by atoms with Gasteiger partial charge < -0.3 is 5.32 Å². The second-order valence-electron chi connectivity index (χ2n) is 5.59. The van der Waals surface area contributed by atoms with E-state index in [1.54, 1.807) is 5.32 Å².